The Morgan fingerprint density at radius 2 is 1.69 bits per heavy atom. The molecule has 4 rings (SSSR count). The molecule has 0 saturated carbocycles. The molecule has 178 valence electrons. The number of hydrogen-bond acceptors (Lipinski definition) is 5. The Labute approximate surface area is 193 Å². The van der Waals surface area contributed by atoms with Gasteiger partial charge in [-0.1, -0.05) is 6.42 Å². The minimum absolute atomic E-state index is 0.197. The van der Waals surface area contributed by atoms with Crippen LogP contribution >= 0.6 is 0 Å². The number of piperidine rings is 1. The fraction of sp³-hybridized carbons (Fsp3) is 0.708. The van der Waals surface area contributed by atoms with Crippen LogP contribution in [0.5, 0.6) is 0 Å². The van der Waals surface area contributed by atoms with Gasteiger partial charge in [0.2, 0.25) is 10.0 Å². The summed E-state index contributed by atoms with van der Waals surface area (Å²) in [5.41, 5.74) is 2.00. The van der Waals surface area contributed by atoms with E-state index in [0.717, 1.165) is 81.8 Å². The molecule has 0 unspecified atom stereocenters. The Morgan fingerprint density at radius 1 is 0.938 bits per heavy atom. The lowest BCUT2D eigenvalue weighted by atomic mass is 10.1. The maximum atomic E-state index is 13.1. The first-order valence-corrected chi connectivity index (χ1v) is 13.6. The molecule has 0 bridgehead atoms. The van der Waals surface area contributed by atoms with Gasteiger partial charge in [0.25, 0.3) is 0 Å². The molecule has 8 heteroatoms. The molecule has 0 radical (unpaired) electrons. The Morgan fingerprint density at radius 3 is 2.38 bits per heavy atom. The normalized spacial score (nSPS) is 20.6. The van der Waals surface area contributed by atoms with Crippen molar-refractivity contribution in [1.29, 1.82) is 0 Å². The van der Waals surface area contributed by atoms with Crippen molar-refractivity contribution in [3.8, 4) is 0 Å². The molecule has 0 aliphatic carbocycles. The number of imidazole rings is 1. The number of benzene rings is 1. The predicted molar refractivity (Wildman–Crippen MR) is 129 cm³/mol. The molecule has 7 nitrogen and oxygen atoms in total. The molecule has 3 heterocycles. The first-order chi connectivity index (χ1) is 15.2. The number of aromatic nitrogens is 2. The second-order valence-corrected chi connectivity index (χ2v) is 12.1. The highest BCUT2D eigenvalue weighted by atomic mass is 32.2. The molecular weight excluding hydrogens is 422 g/mol. The van der Waals surface area contributed by atoms with Crippen molar-refractivity contribution < 1.29 is 8.42 Å². The van der Waals surface area contributed by atoms with Crippen LogP contribution in [0, 0.1) is 0 Å². The molecule has 0 spiro atoms. The van der Waals surface area contributed by atoms with Crippen LogP contribution < -0.4 is 0 Å². The lowest BCUT2D eigenvalue weighted by Crippen LogP contribution is -2.43. The van der Waals surface area contributed by atoms with E-state index in [1.54, 1.807) is 16.4 Å². The summed E-state index contributed by atoms with van der Waals surface area (Å²) < 4.78 is 30.1. The average Bonchev–Trinajstić information content (AvgIpc) is 2.92. The van der Waals surface area contributed by atoms with E-state index < -0.39 is 10.0 Å². The van der Waals surface area contributed by atoms with Gasteiger partial charge in [-0.15, -0.1) is 0 Å². The van der Waals surface area contributed by atoms with Crippen molar-refractivity contribution in [2.24, 2.45) is 0 Å². The molecule has 1 aromatic heterocycles. The molecule has 0 atom stereocenters. The van der Waals surface area contributed by atoms with Gasteiger partial charge in [0.1, 0.15) is 5.82 Å². The van der Waals surface area contributed by atoms with E-state index in [1.165, 1.54) is 0 Å². The third-order valence-electron chi connectivity index (χ3n) is 6.97. The minimum atomic E-state index is -3.45. The average molecular weight is 462 g/mol. The molecule has 0 N–H and O–H groups in total. The van der Waals surface area contributed by atoms with E-state index in [0.29, 0.717) is 18.0 Å². The lowest BCUT2D eigenvalue weighted by Gasteiger charge is -2.34. The van der Waals surface area contributed by atoms with Crippen LogP contribution in [0.25, 0.3) is 11.0 Å². The number of fused-ring (bicyclic) bond motifs is 1. The highest BCUT2D eigenvalue weighted by Gasteiger charge is 2.27. The highest BCUT2D eigenvalue weighted by Crippen LogP contribution is 2.26. The van der Waals surface area contributed by atoms with Crippen LogP contribution in [0.4, 0.5) is 0 Å². The van der Waals surface area contributed by atoms with Gasteiger partial charge in [0.15, 0.2) is 0 Å². The molecule has 2 saturated heterocycles. The van der Waals surface area contributed by atoms with Gasteiger partial charge in [0.05, 0.1) is 22.5 Å². The third-order valence-corrected chi connectivity index (χ3v) is 8.86. The van der Waals surface area contributed by atoms with Gasteiger partial charge in [-0.2, -0.15) is 4.31 Å². The summed E-state index contributed by atoms with van der Waals surface area (Å²) >= 11 is 0. The second-order valence-electron chi connectivity index (χ2n) is 10.2. The zero-order valence-corrected chi connectivity index (χ0v) is 21.0. The summed E-state index contributed by atoms with van der Waals surface area (Å²) in [6, 6.07) is 5.48. The van der Waals surface area contributed by atoms with Crippen molar-refractivity contribution in [3.63, 3.8) is 0 Å². The summed E-state index contributed by atoms with van der Waals surface area (Å²) in [5.74, 6) is 1.03. The molecule has 1 aromatic carbocycles. The van der Waals surface area contributed by atoms with Crippen molar-refractivity contribution >= 4 is 21.1 Å². The van der Waals surface area contributed by atoms with Crippen LogP contribution in [0.1, 0.15) is 59.2 Å². The summed E-state index contributed by atoms with van der Waals surface area (Å²) in [6.45, 7) is 16.1. The van der Waals surface area contributed by atoms with Gasteiger partial charge in [0, 0.05) is 38.3 Å². The molecule has 2 aliphatic heterocycles. The van der Waals surface area contributed by atoms with Gasteiger partial charge in [-0.3, -0.25) is 9.80 Å². The quantitative estimate of drug-likeness (QED) is 0.682. The Balaban J connectivity index is 1.56. The zero-order valence-electron chi connectivity index (χ0n) is 20.2. The van der Waals surface area contributed by atoms with Crippen LogP contribution in [-0.4, -0.2) is 76.9 Å². The molecular formula is C24H39N5O2S. The summed E-state index contributed by atoms with van der Waals surface area (Å²) in [5, 5.41) is 0. The number of aryl methyl sites for hydroxylation is 1. The molecule has 2 fully saturated rings. The van der Waals surface area contributed by atoms with Gasteiger partial charge >= 0.3 is 0 Å². The van der Waals surface area contributed by atoms with Crippen molar-refractivity contribution in [2.75, 3.05) is 39.3 Å². The van der Waals surface area contributed by atoms with Gasteiger partial charge in [-0.25, -0.2) is 13.4 Å². The summed E-state index contributed by atoms with van der Waals surface area (Å²) in [4.78, 5) is 10.3. The van der Waals surface area contributed by atoms with E-state index in [1.807, 2.05) is 6.07 Å². The molecule has 0 amide bonds. The number of rotatable bonds is 5. The van der Waals surface area contributed by atoms with Gasteiger partial charge < -0.3 is 4.57 Å². The highest BCUT2D eigenvalue weighted by molar-refractivity contribution is 7.89. The van der Waals surface area contributed by atoms with E-state index in [4.69, 9.17) is 4.98 Å². The largest absolute Gasteiger partial charge is 0.327 e. The Kier molecular flexibility index (Phi) is 6.96. The second kappa shape index (κ2) is 9.41. The monoisotopic (exact) mass is 461 g/mol. The fourth-order valence-electron chi connectivity index (χ4n) is 5.05. The number of nitrogens with zero attached hydrogens (tertiary/aromatic N) is 5. The van der Waals surface area contributed by atoms with E-state index >= 15 is 0 Å². The number of hydrogen-bond donors (Lipinski definition) is 0. The van der Waals surface area contributed by atoms with E-state index in [-0.39, 0.29) is 5.54 Å². The standard InChI is InChI=1S/C24H39N5O2S/c1-5-29-22-11-10-20(32(30,31)28-14-7-6-8-15-28)18-21(22)25-23(29)19-26-12-9-13-27(17-16-26)24(2,3)4/h10-11,18H,5-9,12-17,19H2,1-4H3. The van der Waals surface area contributed by atoms with Crippen LogP contribution in [0.3, 0.4) is 0 Å². The molecule has 32 heavy (non-hydrogen) atoms. The maximum Gasteiger partial charge on any atom is 0.243 e. The first kappa shape index (κ1) is 23.7. The molecule has 2 aliphatic rings. The third kappa shape index (κ3) is 4.88. The minimum Gasteiger partial charge on any atom is -0.327 e. The summed E-state index contributed by atoms with van der Waals surface area (Å²) in [6.07, 6.45) is 4.15. The van der Waals surface area contributed by atoms with Crippen LogP contribution in [0.15, 0.2) is 23.1 Å². The predicted octanol–water partition coefficient (Wildman–Crippen LogP) is 3.54. The zero-order chi connectivity index (χ0) is 22.9. The van der Waals surface area contributed by atoms with Crippen molar-refractivity contribution in [1.82, 2.24) is 23.7 Å². The van der Waals surface area contributed by atoms with Crippen LogP contribution in [-0.2, 0) is 23.1 Å². The van der Waals surface area contributed by atoms with Crippen molar-refractivity contribution in [3.05, 3.63) is 24.0 Å². The summed E-state index contributed by atoms with van der Waals surface area (Å²) in [7, 11) is -3.45. The Bertz CT molecular complexity index is 1030. The van der Waals surface area contributed by atoms with E-state index in [9.17, 15) is 8.42 Å². The topological polar surface area (TPSA) is 61.7 Å². The van der Waals surface area contributed by atoms with E-state index in [2.05, 4.69) is 42.1 Å². The lowest BCUT2D eigenvalue weighted by molar-refractivity contribution is 0.140. The molecule has 2 aromatic rings. The number of sulfonamides is 1. The fourth-order valence-corrected chi connectivity index (χ4v) is 6.59. The Hall–Kier alpha value is -1.48. The smallest absolute Gasteiger partial charge is 0.243 e. The van der Waals surface area contributed by atoms with Gasteiger partial charge in [-0.05, 0) is 78.2 Å². The maximum absolute atomic E-state index is 13.1. The first-order valence-electron chi connectivity index (χ1n) is 12.2. The van der Waals surface area contributed by atoms with Crippen molar-refractivity contribution in [2.45, 2.75) is 76.9 Å². The SMILES string of the molecule is CCn1c(CN2CCCN(C(C)(C)C)CC2)nc2cc(S(=O)(=O)N3CCCCC3)ccc21. The van der Waals surface area contributed by atoms with Crippen LogP contribution in [0.2, 0.25) is 0 Å².